The molecule has 0 aliphatic carbocycles. The van der Waals surface area contributed by atoms with Gasteiger partial charge in [-0.15, -0.1) is 0 Å². The Labute approximate surface area is 119 Å². The van der Waals surface area contributed by atoms with E-state index >= 15 is 0 Å². The van der Waals surface area contributed by atoms with Gasteiger partial charge in [-0.2, -0.15) is 0 Å². The molecule has 1 heterocycles. The standard InChI is InChI=1S/C15H9Cl2NO/c16-10-3-1-9(2-4-10)13-8-15(19)18-14-7-11(17)5-6-12(13)14/h1-8H,(H,18,19). The summed E-state index contributed by atoms with van der Waals surface area (Å²) in [4.78, 5) is 14.5. The lowest BCUT2D eigenvalue weighted by atomic mass is 10.0. The first-order valence-corrected chi connectivity index (χ1v) is 6.47. The lowest BCUT2D eigenvalue weighted by molar-refractivity contribution is 1.31. The second-order valence-corrected chi connectivity index (χ2v) is 5.12. The van der Waals surface area contributed by atoms with E-state index in [1.807, 2.05) is 24.3 Å². The molecular formula is C15H9Cl2NO. The van der Waals surface area contributed by atoms with Crippen LogP contribution in [0.1, 0.15) is 0 Å². The van der Waals surface area contributed by atoms with Gasteiger partial charge in [0.05, 0.1) is 5.52 Å². The van der Waals surface area contributed by atoms with Gasteiger partial charge in [0.25, 0.3) is 0 Å². The molecule has 0 saturated heterocycles. The molecule has 19 heavy (non-hydrogen) atoms. The number of fused-ring (bicyclic) bond motifs is 1. The van der Waals surface area contributed by atoms with Gasteiger partial charge in [-0.1, -0.05) is 41.4 Å². The van der Waals surface area contributed by atoms with Crippen molar-refractivity contribution in [3.8, 4) is 11.1 Å². The van der Waals surface area contributed by atoms with E-state index < -0.39 is 0 Å². The Morgan fingerprint density at radius 3 is 2.26 bits per heavy atom. The number of hydrogen-bond acceptors (Lipinski definition) is 1. The summed E-state index contributed by atoms with van der Waals surface area (Å²) >= 11 is 11.8. The number of hydrogen-bond donors (Lipinski definition) is 1. The van der Waals surface area contributed by atoms with E-state index in [2.05, 4.69) is 4.98 Å². The van der Waals surface area contributed by atoms with Crippen molar-refractivity contribution in [2.24, 2.45) is 0 Å². The molecule has 0 aliphatic rings. The minimum absolute atomic E-state index is 0.153. The summed E-state index contributed by atoms with van der Waals surface area (Å²) in [6, 6.07) is 14.4. The molecular weight excluding hydrogens is 281 g/mol. The van der Waals surface area contributed by atoms with Gasteiger partial charge >= 0.3 is 0 Å². The van der Waals surface area contributed by atoms with Crippen LogP contribution in [0, 0.1) is 0 Å². The first-order valence-electron chi connectivity index (χ1n) is 5.72. The third kappa shape index (κ3) is 2.37. The van der Waals surface area contributed by atoms with Crippen LogP contribution < -0.4 is 5.56 Å². The van der Waals surface area contributed by atoms with Crippen LogP contribution in [0.5, 0.6) is 0 Å². The zero-order chi connectivity index (χ0) is 13.4. The summed E-state index contributed by atoms with van der Waals surface area (Å²) in [6.45, 7) is 0. The molecule has 0 atom stereocenters. The van der Waals surface area contributed by atoms with Gasteiger partial charge in [-0.05, 0) is 35.4 Å². The Bertz CT molecular complexity index is 806. The highest BCUT2D eigenvalue weighted by atomic mass is 35.5. The fraction of sp³-hybridized carbons (Fsp3) is 0. The molecule has 1 aromatic heterocycles. The normalized spacial score (nSPS) is 10.8. The molecule has 1 N–H and O–H groups in total. The van der Waals surface area contributed by atoms with Crippen LogP contribution in [0.25, 0.3) is 22.0 Å². The van der Waals surface area contributed by atoms with Crippen molar-refractivity contribution in [2.45, 2.75) is 0 Å². The monoisotopic (exact) mass is 289 g/mol. The average Bonchev–Trinajstić information content (AvgIpc) is 2.38. The van der Waals surface area contributed by atoms with Gasteiger partial charge in [0.2, 0.25) is 5.56 Å². The average molecular weight is 290 g/mol. The van der Waals surface area contributed by atoms with Crippen LogP contribution in [0.4, 0.5) is 0 Å². The Morgan fingerprint density at radius 1 is 0.842 bits per heavy atom. The molecule has 2 aromatic carbocycles. The number of nitrogens with one attached hydrogen (secondary N) is 1. The highest BCUT2D eigenvalue weighted by Gasteiger charge is 2.06. The topological polar surface area (TPSA) is 32.9 Å². The van der Waals surface area contributed by atoms with E-state index in [9.17, 15) is 4.79 Å². The summed E-state index contributed by atoms with van der Waals surface area (Å²) in [5, 5.41) is 2.21. The van der Waals surface area contributed by atoms with E-state index in [0.717, 1.165) is 22.0 Å². The van der Waals surface area contributed by atoms with E-state index in [0.29, 0.717) is 10.0 Å². The molecule has 3 rings (SSSR count). The van der Waals surface area contributed by atoms with Crippen molar-refractivity contribution < 1.29 is 0 Å². The quantitative estimate of drug-likeness (QED) is 0.703. The number of aromatic amines is 1. The summed E-state index contributed by atoms with van der Waals surface area (Å²) in [6.07, 6.45) is 0. The molecule has 0 saturated carbocycles. The molecule has 0 aliphatic heterocycles. The number of pyridine rings is 1. The SMILES string of the molecule is O=c1cc(-c2ccc(Cl)cc2)c2ccc(Cl)cc2[nH]1. The number of rotatable bonds is 1. The smallest absolute Gasteiger partial charge is 0.249 e. The van der Waals surface area contributed by atoms with Gasteiger partial charge in [0, 0.05) is 21.5 Å². The van der Waals surface area contributed by atoms with Gasteiger partial charge in [-0.3, -0.25) is 4.79 Å². The van der Waals surface area contributed by atoms with Crippen LogP contribution in [0.2, 0.25) is 10.0 Å². The van der Waals surface area contributed by atoms with E-state index in [1.165, 1.54) is 0 Å². The molecule has 3 aromatic rings. The van der Waals surface area contributed by atoms with Crippen LogP contribution in [0.15, 0.2) is 53.3 Å². The molecule has 4 heteroatoms. The Hall–Kier alpha value is -1.77. The number of halogens is 2. The Morgan fingerprint density at radius 2 is 1.53 bits per heavy atom. The fourth-order valence-corrected chi connectivity index (χ4v) is 2.40. The van der Waals surface area contributed by atoms with Crippen molar-refractivity contribution in [1.29, 1.82) is 0 Å². The lowest BCUT2D eigenvalue weighted by Gasteiger charge is -2.07. The first-order chi connectivity index (χ1) is 9.13. The zero-order valence-electron chi connectivity index (χ0n) is 9.78. The van der Waals surface area contributed by atoms with Gasteiger partial charge in [0.1, 0.15) is 0 Å². The second-order valence-electron chi connectivity index (χ2n) is 4.24. The molecule has 0 fully saturated rings. The maximum absolute atomic E-state index is 11.7. The largest absolute Gasteiger partial charge is 0.322 e. The maximum atomic E-state index is 11.7. The summed E-state index contributed by atoms with van der Waals surface area (Å²) in [7, 11) is 0. The van der Waals surface area contributed by atoms with Crippen molar-refractivity contribution in [3.63, 3.8) is 0 Å². The van der Waals surface area contributed by atoms with Crippen molar-refractivity contribution in [1.82, 2.24) is 4.98 Å². The molecule has 0 bridgehead atoms. The highest BCUT2D eigenvalue weighted by Crippen LogP contribution is 2.28. The Balaban J connectivity index is 2.34. The minimum Gasteiger partial charge on any atom is -0.322 e. The predicted molar refractivity (Wildman–Crippen MR) is 80.0 cm³/mol. The van der Waals surface area contributed by atoms with Crippen molar-refractivity contribution in [3.05, 3.63) is 68.9 Å². The maximum Gasteiger partial charge on any atom is 0.249 e. The molecule has 0 radical (unpaired) electrons. The molecule has 0 spiro atoms. The van der Waals surface area contributed by atoms with Gasteiger partial charge in [0.15, 0.2) is 0 Å². The number of benzene rings is 2. The molecule has 2 nitrogen and oxygen atoms in total. The zero-order valence-corrected chi connectivity index (χ0v) is 11.3. The number of H-pyrrole nitrogens is 1. The summed E-state index contributed by atoms with van der Waals surface area (Å²) in [5.74, 6) is 0. The fourth-order valence-electron chi connectivity index (χ4n) is 2.10. The molecule has 94 valence electrons. The predicted octanol–water partition coefficient (Wildman–Crippen LogP) is 4.50. The van der Waals surface area contributed by atoms with Gasteiger partial charge < -0.3 is 4.98 Å². The van der Waals surface area contributed by atoms with Crippen LogP contribution in [-0.4, -0.2) is 4.98 Å². The second kappa shape index (κ2) is 4.72. The summed E-state index contributed by atoms with van der Waals surface area (Å²) in [5.41, 5.74) is 2.39. The minimum atomic E-state index is -0.153. The molecule has 0 amide bonds. The Kier molecular flexibility index (Phi) is 3.05. The third-order valence-corrected chi connectivity index (χ3v) is 3.45. The lowest BCUT2D eigenvalue weighted by Crippen LogP contribution is -2.04. The first kappa shape index (κ1) is 12.3. The third-order valence-electron chi connectivity index (χ3n) is 2.96. The molecule has 0 unspecified atom stereocenters. The van der Waals surface area contributed by atoms with Crippen molar-refractivity contribution >= 4 is 34.1 Å². The highest BCUT2D eigenvalue weighted by molar-refractivity contribution is 6.31. The van der Waals surface area contributed by atoms with Crippen LogP contribution >= 0.6 is 23.2 Å². The number of aromatic nitrogens is 1. The van der Waals surface area contributed by atoms with E-state index in [-0.39, 0.29) is 5.56 Å². The van der Waals surface area contributed by atoms with E-state index in [4.69, 9.17) is 23.2 Å². The summed E-state index contributed by atoms with van der Waals surface area (Å²) < 4.78 is 0. The van der Waals surface area contributed by atoms with Crippen molar-refractivity contribution in [2.75, 3.05) is 0 Å². The van der Waals surface area contributed by atoms with Crippen LogP contribution in [-0.2, 0) is 0 Å². The van der Waals surface area contributed by atoms with E-state index in [1.54, 1.807) is 24.3 Å². The van der Waals surface area contributed by atoms with Gasteiger partial charge in [-0.25, -0.2) is 0 Å². The van der Waals surface area contributed by atoms with Crippen LogP contribution in [0.3, 0.4) is 0 Å².